The van der Waals surface area contributed by atoms with Crippen LogP contribution < -0.4 is 0 Å². The van der Waals surface area contributed by atoms with Crippen LogP contribution in [-0.4, -0.2) is 35.6 Å². The third-order valence-corrected chi connectivity index (χ3v) is 3.60. The zero-order chi connectivity index (χ0) is 12.8. The van der Waals surface area contributed by atoms with Gasteiger partial charge in [0.1, 0.15) is 0 Å². The molecule has 0 unspecified atom stereocenters. The summed E-state index contributed by atoms with van der Waals surface area (Å²) in [6, 6.07) is 5.56. The number of carbonyl (C=O) groups excluding carboxylic acids is 1. The summed E-state index contributed by atoms with van der Waals surface area (Å²) in [5, 5.41) is 8.94. The van der Waals surface area contributed by atoms with Crippen LogP contribution >= 0.6 is 38.5 Å². The summed E-state index contributed by atoms with van der Waals surface area (Å²) in [5.74, 6) is -0.0929. The van der Waals surface area contributed by atoms with Crippen LogP contribution in [0, 0.1) is 3.57 Å². The van der Waals surface area contributed by atoms with Crippen LogP contribution in [0.15, 0.2) is 35.3 Å². The van der Waals surface area contributed by atoms with Gasteiger partial charge in [-0.25, -0.2) is 0 Å². The smallest absolute Gasteiger partial charge is 0.255 e. The fourth-order valence-electron chi connectivity index (χ4n) is 1.38. The molecule has 0 saturated carbocycles. The maximum Gasteiger partial charge on any atom is 0.255 e. The highest BCUT2D eigenvalue weighted by atomic mass is 127. The first-order chi connectivity index (χ1) is 8.10. The van der Waals surface area contributed by atoms with Gasteiger partial charge in [0.2, 0.25) is 0 Å². The highest BCUT2D eigenvalue weighted by Gasteiger charge is 2.16. The number of hydrogen-bond acceptors (Lipinski definition) is 2. The van der Waals surface area contributed by atoms with E-state index >= 15 is 0 Å². The average Bonchev–Trinajstić information content (AvgIpc) is 2.31. The van der Waals surface area contributed by atoms with Gasteiger partial charge < -0.3 is 10.0 Å². The van der Waals surface area contributed by atoms with E-state index in [9.17, 15) is 4.79 Å². The van der Waals surface area contributed by atoms with Crippen LogP contribution in [0.2, 0.25) is 0 Å². The molecule has 1 aromatic carbocycles. The lowest BCUT2D eigenvalue weighted by molar-refractivity contribution is 0.0741. The molecular weight excluding hydrogens is 397 g/mol. The number of aliphatic hydroxyl groups excluding tert-OH is 1. The Morgan fingerprint density at radius 1 is 1.59 bits per heavy atom. The molecule has 5 heteroatoms. The average molecular weight is 410 g/mol. The van der Waals surface area contributed by atoms with Crippen LogP contribution in [0.4, 0.5) is 0 Å². The highest BCUT2D eigenvalue weighted by molar-refractivity contribution is 14.1. The Bertz CT molecular complexity index is 423. The molecule has 0 bridgehead atoms. The van der Waals surface area contributed by atoms with Crippen molar-refractivity contribution >= 4 is 44.4 Å². The third kappa shape index (κ3) is 4.08. The van der Waals surface area contributed by atoms with E-state index in [1.54, 1.807) is 17.0 Å². The summed E-state index contributed by atoms with van der Waals surface area (Å²) < 4.78 is 1.76. The molecule has 0 aliphatic rings. The van der Waals surface area contributed by atoms with Crippen molar-refractivity contribution in [2.75, 3.05) is 19.7 Å². The van der Waals surface area contributed by atoms with Crippen LogP contribution in [-0.2, 0) is 0 Å². The second-order valence-corrected chi connectivity index (χ2v) is 5.47. The zero-order valence-corrected chi connectivity index (χ0v) is 12.9. The first-order valence-corrected chi connectivity index (χ1v) is 6.93. The minimum Gasteiger partial charge on any atom is -0.395 e. The quantitative estimate of drug-likeness (QED) is 0.600. The third-order valence-electron chi connectivity index (χ3n) is 2.17. The number of hydrogen-bond donors (Lipinski definition) is 1. The standard InChI is InChI=1S/C12H13BrINO2/c1-2-5-15(6-7-16)12(17)10-8-9(13)3-4-11(10)14/h2-4,8,16H,1,5-7H2. The molecule has 17 heavy (non-hydrogen) atoms. The number of nitrogens with zero attached hydrogens (tertiary/aromatic N) is 1. The predicted octanol–water partition coefficient (Wildman–Crippen LogP) is 2.67. The minimum atomic E-state index is -0.0929. The van der Waals surface area contributed by atoms with Gasteiger partial charge in [0.05, 0.1) is 12.2 Å². The van der Waals surface area contributed by atoms with Crippen LogP contribution in [0.1, 0.15) is 10.4 Å². The number of halogens is 2. The lowest BCUT2D eigenvalue weighted by atomic mass is 10.2. The molecule has 92 valence electrons. The van der Waals surface area contributed by atoms with E-state index in [1.807, 2.05) is 12.1 Å². The van der Waals surface area contributed by atoms with E-state index in [1.165, 1.54) is 0 Å². The van der Waals surface area contributed by atoms with Crippen LogP contribution in [0.3, 0.4) is 0 Å². The zero-order valence-electron chi connectivity index (χ0n) is 9.20. The van der Waals surface area contributed by atoms with E-state index in [2.05, 4.69) is 45.1 Å². The molecule has 0 aliphatic heterocycles. The van der Waals surface area contributed by atoms with Gasteiger partial charge in [0.25, 0.3) is 5.91 Å². The molecule has 3 nitrogen and oxygen atoms in total. The van der Waals surface area contributed by atoms with Crippen molar-refractivity contribution in [2.24, 2.45) is 0 Å². The first-order valence-electron chi connectivity index (χ1n) is 5.06. The Balaban J connectivity index is 2.99. The number of aliphatic hydroxyl groups is 1. The van der Waals surface area contributed by atoms with Gasteiger partial charge in [0.15, 0.2) is 0 Å². The van der Waals surface area contributed by atoms with Crippen LogP contribution in [0.25, 0.3) is 0 Å². The molecule has 0 radical (unpaired) electrons. The summed E-state index contributed by atoms with van der Waals surface area (Å²) in [6.07, 6.45) is 1.65. The fourth-order valence-corrected chi connectivity index (χ4v) is 2.31. The monoisotopic (exact) mass is 409 g/mol. The van der Waals surface area contributed by atoms with Gasteiger partial charge in [0, 0.05) is 21.1 Å². The molecule has 0 heterocycles. The molecule has 0 atom stereocenters. The summed E-state index contributed by atoms with van der Waals surface area (Å²) in [4.78, 5) is 13.8. The van der Waals surface area contributed by atoms with E-state index in [0.717, 1.165) is 8.04 Å². The van der Waals surface area contributed by atoms with Crippen molar-refractivity contribution in [3.05, 3.63) is 44.5 Å². The Hall–Kier alpha value is -0.400. The maximum atomic E-state index is 12.2. The second-order valence-electron chi connectivity index (χ2n) is 3.39. The topological polar surface area (TPSA) is 40.5 Å². The molecule has 1 N–H and O–H groups in total. The van der Waals surface area contributed by atoms with Crippen molar-refractivity contribution in [3.63, 3.8) is 0 Å². The van der Waals surface area contributed by atoms with Crippen LogP contribution in [0.5, 0.6) is 0 Å². The second kappa shape index (κ2) is 7.13. The van der Waals surface area contributed by atoms with E-state index in [-0.39, 0.29) is 12.5 Å². The van der Waals surface area contributed by atoms with Crippen molar-refractivity contribution in [2.45, 2.75) is 0 Å². The Kier molecular flexibility index (Phi) is 6.15. The number of carbonyl (C=O) groups is 1. The SMILES string of the molecule is C=CCN(CCO)C(=O)c1cc(Br)ccc1I. The maximum absolute atomic E-state index is 12.2. The molecule has 1 rings (SSSR count). The van der Waals surface area contributed by atoms with Crippen molar-refractivity contribution < 1.29 is 9.90 Å². The summed E-state index contributed by atoms with van der Waals surface area (Å²) in [6.45, 7) is 4.31. The molecule has 0 aromatic heterocycles. The molecule has 1 amide bonds. The summed E-state index contributed by atoms with van der Waals surface area (Å²) in [5.41, 5.74) is 0.635. The number of amides is 1. The largest absolute Gasteiger partial charge is 0.395 e. The lowest BCUT2D eigenvalue weighted by Crippen LogP contribution is -2.34. The normalized spacial score (nSPS) is 10.1. The highest BCUT2D eigenvalue weighted by Crippen LogP contribution is 2.20. The molecule has 1 aromatic rings. The molecule has 0 aliphatic carbocycles. The van der Waals surface area contributed by atoms with Gasteiger partial charge >= 0.3 is 0 Å². The van der Waals surface area contributed by atoms with Gasteiger partial charge in [-0.05, 0) is 40.8 Å². The first kappa shape index (κ1) is 14.7. The Morgan fingerprint density at radius 3 is 2.88 bits per heavy atom. The van der Waals surface area contributed by atoms with Crippen molar-refractivity contribution in [1.82, 2.24) is 4.90 Å². The minimum absolute atomic E-state index is 0.0514. The summed E-state index contributed by atoms with van der Waals surface area (Å²) >= 11 is 5.47. The Morgan fingerprint density at radius 2 is 2.29 bits per heavy atom. The summed E-state index contributed by atoms with van der Waals surface area (Å²) in [7, 11) is 0. The van der Waals surface area contributed by atoms with Gasteiger partial charge in [-0.1, -0.05) is 22.0 Å². The van der Waals surface area contributed by atoms with E-state index < -0.39 is 0 Å². The van der Waals surface area contributed by atoms with Gasteiger partial charge in [-0.15, -0.1) is 6.58 Å². The fraction of sp³-hybridized carbons (Fsp3) is 0.250. The molecule has 0 saturated heterocycles. The molecular formula is C12H13BrINO2. The molecule has 0 fully saturated rings. The number of rotatable bonds is 5. The lowest BCUT2D eigenvalue weighted by Gasteiger charge is -2.20. The Labute approximate surface area is 123 Å². The molecule has 0 spiro atoms. The van der Waals surface area contributed by atoms with E-state index in [4.69, 9.17) is 5.11 Å². The predicted molar refractivity (Wildman–Crippen MR) is 80.0 cm³/mol. The van der Waals surface area contributed by atoms with E-state index in [0.29, 0.717) is 18.7 Å². The van der Waals surface area contributed by atoms with Crippen molar-refractivity contribution in [3.8, 4) is 0 Å². The van der Waals surface area contributed by atoms with Gasteiger partial charge in [-0.2, -0.15) is 0 Å². The number of benzene rings is 1. The van der Waals surface area contributed by atoms with Crippen molar-refractivity contribution in [1.29, 1.82) is 0 Å². The van der Waals surface area contributed by atoms with Gasteiger partial charge in [-0.3, -0.25) is 4.79 Å².